The molecule has 8 heteroatoms. The third kappa shape index (κ3) is 7.04. The Bertz CT molecular complexity index is 958. The van der Waals surface area contributed by atoms with Crippen molar-refractivity contribution in [1.82, 2.24) is 15.1 Å². The summed E-state index contributed by atoms with van der Waals surface area (Å²) in [5.41, 5.74) is 2.52. The van der Waals surface area contributed by atoms with E-state index in [2.05, 4.69) is 47.7 Å². The first-order valence-corrected chi connectivity index (χ1v) is 12.2. The second-order valence-corrected chi connectivity index (χ2v) is 10.1. The minimum absolute atomic E-state index is 0.0314. The molecule has 0 aromatic heterocycles. The van der Waals surface area contributed by atoms with Crippen LogP contribution < -0.4 is 5.32 Å². The van der Waals surface area contributed by atoms with Crippen LogP contribution in [0.2, 0.25) is 0 Å². The Morgan fingerprint density at radius 3 is 2.40 bits per heavy atom. The molecule has 1 aromatic carbocycles. The maximum absolute atomic E-state index is 12.9. The highest BCUT2D eigenvalue weighted by atomic mass is 19.4. The van der Waals surface area contributed by atoms with Gasteiger partial charge in [-0.1, -0.05) is 26.0 Å². The van der Waals surface area contributed by atoms with Crippen molar-refractivity contribution in [2.45, 2.75) is 52.4 Å². The monoisotopic (exact) mass is 490 g/mol. The lowest BCUT2D eigenvalue weighted by Crippen LogP contribution is -2.37. The molecule has 0 spiro atoms. The van der Waals surface area contributed by atoms with Gasteiger partial charge >= 0.3 is 6.18 Å². The van der Waals surface area contributed by atoms with E-state index >= 15 is 0 Å². The van der Waals surface area contributed by atoms with Gasteiger partial charge in [0.25, 0.3) is 0 Å². The highest BCUT2D eigenvalue weighted by Gasteiger charge is 2.34. The number of carbonyl (C=O) groups excluding carboxylic acids is 1. The van der Waals surface area contributed by atoms with Gasteiger partial charge in [-0.15, -0.1) is 0 Å². The van der Waals surface area contributed by atoms with Crippen LogP contribution in [0.5, 0.6) is 0 Å². The fraction of sp³-hybridized carbons (Fsp3) is 0.556. The van der Waals surface area contributed by atoms with Crippen LogP contribution in [-0.4, -0.2) is 61.7 Å². The Labute approximate surface area is 206 Å². The number of halogens is 3. The lowest BCUT2D eigenvalue weighted by Gasteiger charge is -2.29. The molecule has 1 N–H and O–H groups in total. The number of aliphatic imine (C=N–C) groups is 1. The van der Waals surface area contributed by atoms with E-state index in [0.29, 0.717) is 31.1 Å². The van der Waals surface area contributed by atoms with Gasteiger partial charge in [-0.05, 0) is 87.8 Å². The van der Waals surface area contributed by atoms with Gasteiger partial charge in [0.2, 0.25) is 5.91 Å². The summed E-state index contributed by atoms with van der Waals surface area (Å²) < 4.78 is 38.8. The Morgan fingerprint density at radius 1 is 1.23 bits per heavy atom. The van der Waals surface area contributed by atoms with Crippen molar-refractivity contribution < 1.29 is 18.0 Å². The average Bonchev–Trinajstić information content (AvgIpc) is 3.14. The van der Waals surface area contributed by atoms with Gasteiger partial charge in [-0.2, -0.15) is 13.2 Å². The van der Waals surface area contributed by atoms with E-state index < -0.39 is 11.7 Å². The molecule has 3 rings (SSSR count). The van der Waals surface area contributed by atoms with Gasteiger partial charge in [0.1, 0.15) is 0 Å². The predicted octanol–water partition coefficient (Wildman–Crippen LogP) is 4.90. The number of hydrogen-bond donors (Lipinski definition) is 1. The van der Waals surface area contributed by atoms with Crippen LogP contribution in [0.4, 0.5) is 13.2 Å². The molecule has 2 heterocycles. The molecule has 0 unspecified atom stereocenters. The first-order valence-electron chi connectivity index (χ1n) is 12.2. The molecule has 2 aliphatic heterocycles. The quantitative estimate of drug-likeness (QED) is 0.416. The smallest absolute Gasteiger partial charge is 0.352 e. The molecule has 35 heavy (non-hydrogen) atoms. The number of carbonyl (C=O) groups is 1. The summed E-state index contributed by atoms with van der Waals surface area (Å²) in [6, 6.07) is 5.26. The largest absolute Gasteiger partial charge is 0.416 e. The molecular weight excluding hydrogens is 453 g/mol. The van der Waals surface area contributed by atoms with Crippen LogP contribution in [0.3, 0.4) is 0 Å². The number of benzene rings is 1. The number of alkyl halides is 3. The van der Waals surface area contributed by atoms with E-state index in [1.807, 2.05) is 6.08 Å². The first kappa shape index (κ1) is 27.1. The van der Waals surface area contributed by atoms with E-state index in [4.69, 9.17) is 0 Å². The first-order chi connectivity index (χ1) is 16.5. The van der Waals surface area contributed by atoms with Gasteiger partial charge in [-0.3, -0.25) is 14.7 Å². The zero-order valence-electron chi connectivity index (χ0n) is 21.2. The Hall–Kier alpha value is -2.45. The number of nitrogens with one attached hydrogen (secondary N) is 1. The number of piperidine rings is 1. The van der Waals surface area contributed by atoms with E-state index in [9.17, 15) is 18.0 Å². The van der Waals surface area contributed by atoms with Crippen LogP contribution in [-0.2, 0) is 17.5 Å². The summed E-state index contributed by atoms with van der Waals surface area (Å²) in [5, 5.41) is 3.08. The molecule has 0 saturated carbocycles. The number of rotatable bonds is 8. The summed E-state index contributed by atoms with van der Waals surface area (Å²) in [7, 11) is 2.12. The number of nitrogens with zero attached hydrogens (tertiary/aromatic N) is 3. The standard InChI is InChI=1S/C27H37F3N4O/c1-18(2)25-24(31-4)22(14-19(3)26(35)32-15-20-10-12-33(5)13-11-20)17-34(25)16-21-6-8-23(9-7-21)27(28,29)30/h6-9,14,18,20,25H,4,10-13,15-17H2,1-3,5H3,(H,32,35)/b19-14+/t25-/m0/s1. The molecule has 0 bridgehead atoms. The summed E-state index contributed by atoms with van der Waals surface area (Å²) in [4.78, 5) is 21.6. The van der Waals surface area contributed by atoms with E-state index in [-0.39, 0.29) is 17.9 Å². The molecular formula is C27H37F3N4O. The van der Waals surface area contributed by atoms with Crippen molar-refractivity contribution in [2.75, 3.05) is 33.2 Å². The lowest BCUT2D eigenvalue weighted by atomic mass is 9.97. The predicted molar refractivity (Wildman–Crippen MR) is 134 cm³/mol. The van der Waals surface area contributed by atoms with Crippen molar-refractivity contribution in [2.24, 2.45) is 16.8 Å². The van der Waals surface area contributed by atoms with E-state index in [1.54, 1.807) is 6.92 Å². The lowest BCUT2D eigenvalue weighted by molar-refractivity contribution is -0.137. The van der Waals surface area contributed by atoms with Gasteiger partial charge in [-0.25, -0.2) is 0 Å². The molecule has 1 amide bonds. The Kier molecular flexibility index (Phi) is 8.94. The molecule has 1 saturated heterocycles. The zero-order chi connectivity index (χ0) is 25.8. The van der Waals surface area contributed by atoms with Gasteiger partial charge in [0.15, 0.2) is 0 Å². The molecule has 1 aromatic rings. The number of likely N-dealkylation sites (tertiary alicyclic amines) is 1. The Balaban J connectivity index is 1.69. The zero-order valence-corrected chi connectivity index (χ0v) is 21.2. The maximum Gasteiger partial charge on any atom is 0.416 e. The van der Waals surface area contributed by atoms with Crippen LogP contribution in [0.25, 0.3) is 0 Å². The molecule has 0 radical (unpaired) electrons. The molecule has 1 atom stereocenters. The third-order valence-electron chi connectivity index (χ3n) is 6.98. The summed E-state index contributed by atoms with van der Waals surface area (Å²) in [6.07, 6.45) is -0.290. The summed E-state index contributed by atoms with van der Waals surface area (Å²) >= 11 is 0. The fourth-order valence-corrected chi connectivity index (χ4v) is 4.97. The normalized spacial score (nSPS) is 21.1. The SMILES string of the molecule is C=NC1=C(/C=C(\C)C(=O)NCC2CCN(C)CC2)CN(Cc2ccc(C(F)(F)F)cc2)[C@H]1C(C)C. The maximum atomic E-state index is 12.9. The minimum atomic E-state index is -4.35. The Morgan fingerprint density at radius 2 is 1.86 bits per heavy atom. The van der Waals surface area contributed by atoms with Crippen LogP contribution in [0.1, 0.15) is 44.7 Å². The van der Waals surface area contributed by atoms with Crippen molar-refractivity contribution in [1.29, 1.82) is 0 Å². The van der Waals surface area contributed by atoms with Crippen LogP contribution in [0.15, 0.2) is 52.2 Å². The summed E-state index contributed by atoms with van der Waals surface area (Å²) in [6.45, 7) is 13.6. The number of amides is 1. The van der Waals surface area contributed by atoms with Crippen LogP contribution in [0, 0.1) is 11.8 Å². The molecule has 0 aliphatic carbocycles. The molecule has 5 nitrogen and oxygen atoms in total. The van der Waals surface area contributed by atoms with E-state index in [1.165, 1.54) is 12.1 Å². The second kappa shape index (κ2) is 11.5. The van der Waals surface area contributed by atoms with Crippen molar-refractivity contribution >= 4 is 12.6 Å². The number of hydrogen-bond acceptors (Lipinski definition) is 4. The van der Waals surface area contributed by atoms with Crippen molar-refractivity contribution in [3.8, 4) is 0 Å². The van der Waals surface area contributed by atoms with Crippen LogP contribution >= 0.6 is 0 Å². The molecule has 192 valence electrons. The highest BCUT2D eigenvalue weighted by molar-refractivity contribution is 5.93. The minimum Gasteiger partial charge on any atom is -0.352 e. The molecule has 1 fully saturated rings. The molecule has 2 aliphatic rings. The second-order valence-electron chi connectivity index (χ2n) is 10.1. The highest BCUT2D eigenvalue weighted by Crippen LogP contribution is 2.34. The van der Waals surface area contributed by atoms with Crippen molar-refractivity contribution in [3.63, 3.8) is 0 Å². The van der Waals surface area contributed by atoms with Crippen molar-refractivity contribution in [3.05, 3.63) is 58.3 Å². The van der Waals surface area contributed by atoms with E-state index in [0.717, 1.165) is 54.9 Å². The average molecular weight is 491 g/mol. The van der Waals surface area contributed by atoms with Gasteiger partial charge in [0.05, 0.1) is 17.3 Å². The van der Waals surface area contributed by atoms with Gasteiger partial charge in [0, 0.05) is 25.2 Å². The van der Waals surface area contributed by atoms with Gasteiger partial charge < -0.3 is 10.2 Å². The third-order valence-corrected chi connectivity index (χ3v) is 6.98. The summed E-state index contributed by atoms with van der Waals surface area (Å²) in [5.74, 6) is 0.639. The fourth-order valence-electron chi connectivity index (χ4n) is 4.97. The topological polar surface area (TPSA) is 47.9 Å².